The first-order valence-electron chi connectivity index (χ1n) is 7.16. The molecule has 1 aromatic heterocycles. The van der Waals surface area contributed by atoms with Crippen molar-refractivity contribution in [3.63, 3.8) is 0 Å². The average molecular weight is 310 g/mol. The minimum absolute atomic E-state index is 0.0486. The molecule has 1 N–H and O–H groups in total. The van der Waals surface area contributed by atoms with E-state index >= 15 is 0 Å². The summed E-state index contributed by atoms with van der Waals surface area (Å²) in [5.41, 5.74) is -0.00834. The smallest absolute Gasteiger partial charge is 0.249 e. The number of nitrogens with one attached hydrogen (secondary N) is 1. The number of rotatable bonds is 4. The maximum atomic E-state index is 12.8. The largest absolute Gasteiger partial charge is 0.340 e. The third-order valence-corrected chi connectivity index (χ3v) is 4.62. The summed E-state index contributed by atoms with van der Waals surface area (Å²) in [6.07, 6.45) is 4.32. The molecule has 1 saturated heterocycles. The summed E-state index contributed by atoms with van der Waals surface area (Å²) in [6, 6.07) is 1.27. The number of aromatic nitrogens is 1. The van der Waals surface area contributed by atoms with Crippen LogP contribution in [-0.4, -0.2) is 33.3 Å². The fourth-order valence-electron chi connectivity index (χ4n) is 2.64. The second-order valence-electron chi connectivity index (χ2n) is 5.35. The van der Waals surface area contributed by atoms with E-state index in [0.29, 0.717) is 24.4 Å². The van der Waals surface area contributed by atoms with Crippen LogP contribution < -0.4 is 5.32 Å². The highest BCUT2D eigenvalue weighted by molar-refractivity contribution is 6.31. The van der Waals surface area contributed by atoms with E-state index in [2.05, 4.69) is 10.3 Å². The highest BCUT2D eigenvalue weighted by atomic mass is 35.5. The number of nitrogens with zero attached hydrogens (tertiary/aromatic N) is 2. The van der Waals surface area contributed by atoms with Crippen LogP contribution in [0.3, 0.4) is 0 Å². The molecule has 1 aromatic rings. The van der Waals surface area contributed by atoms with Crippen molar-refractivity contribution < 1.29 is 9.59 Å². The predicted molar refractivity (Wildman–Crippen MR) is 80.7 cm³/mol. The Hall–Kier alpha value is -1.62. The lowest BCUT2D eigenvalue weighted by Gasteiger charge is -2.44. The van der Waals surface area contributed by atoms with Crippen molar-refractivity contribution in [3.05, 3.63) is 29.0 Å². The topological polar surface area (TPSA) is 62.3 Å². The maximum absolute atomic E-state index is 12.8. The number of hydrogen-bond acceptors (Lipinski definition) is 3. The Balaban J connectivity index is 2.34. The molecule has 0 spiro atoms. The lowest BCUT2D eigenvalue weighted by atomic mass is 9.87. The summed E-state index contributed by atoms with van der Waals surface area (Å²) >= 11 is 6.11. The first-order valence-corrected chi connectivity index (χ1v) is 7.54. The first-order chi connectivity index (χ1) is 9.95. The van der Waals surface area contributed by atoms with Crippen LogP contribution >= 0.6 is 11.6 Å². The van der Waals surface area contributed by atoms with Gasteiger partial charge in [-0.1, -0.05) is 25.4 Å². The van der Waals surface area contributed by atoms with Gasteiger partial charge in [0, 0.05) is 18.9 Å². The van der Waals surface area contributed by atoms with Gasteiger partial charge in [0.05, 0.1) is 5.02 Å². The van der Waals surface area contributed by atoms with E-state index in [1.54, 1.807) is 30.3 Å². The SMILES string of the molecule is CCC1(CC)NC(=O)C(C)N(Cc2ccncc2Cl)C1=O. The average Bonchev–Trinajstić information content (AvgIpc) is 2.49. The number of amides is 2. The number of carbonyl (C=O) groups excluding carboxylic acids is 2. The zero-order valence-corrected chi connectivity index (χ0v) is 13.3. The number of piperazine rings is 1. The number of carbonyl (C=O) groups is 2. The minimum Gasteiger partial charge on any atom is -0.340 e. The molecule has 2 amide bonds. The van der Waals surface area contributed by atoms with Crippen LogP contribution in [0.1, 0.15) is 39.2 Å². The zero-order chi connectivity index (χ0) is 15.6. The van der Waals surface area contributed by atoms with Gasteiger partial charge in [-0.05, 0) is 31.4 Å². The zero-order valence-electron chi connectivity index (χ0n) is 12.5. The number of halogens is 1. The fraction of sp³-hybridized carbons (Fsp3) is 0.533. The lowest BCUT2D eigenvalue weighted by Crippen LogP contribution is -2.69. The molecule has 0 radical (unpaired) electrons. The van der Waals surface area contributed by atoms with Crippen molar-refractivity contribution in [1.29, 1.82) is 0 Å². The van der Waals surface area contributed by atoms with Gasteiger partial charge in [-0.2, -0.15) is 0 Å². The Morgan fingerprint density at radius 2 is 2.05 bits per heavy atom. The van der Waals surface area contributed by atoms with Crippen LogP contribution in [0.25, 0.3) is 0 Å². The normalized spacial score (nSPS) is 21.3. The van der Waals surface area contributed by atoms with Crippen molar-refractivity contribution in [1.82, 2.24) is 15.2 Å². The van der Waals surface area contributed by atoms with Crippen molar-refractivity contribution in [2.45, 2.75) is 51.7 Å². The van der Waals surface area contributed by atoms with Gasteiger partial charge in [-0.3, -0.25) is 14.6 Å². The van der Waals surface area contributed by atoms with Gasteiger partial charge in [0.1, 0.15) is 11.6 Å². The summed E-state index contributed by atoms with van der Waals surface area (Å²) in [4.78, 5) is 30.6. The highest BCUT2D eigenvalue weighted by Crippen LogP contribution is 2.27. The van der Waals surface area contributed by atoms with Crippen LogP contribution in [0.5, 0.6) is 0 Å². The summed E-state index contributed by atoms with van der Waals surface area (Å²) < 4.78 is 0. The Morgan fingerprint density at radius 1 is 1.38 bits per heavy atom. The van der Waals surface area contributed by atoms with E-state index in [4.69, 9.17) is 11.6 Å². The molecule has 21 heavy (non-hydrogen) atoms. The highest BCUT2D eigenvalue weighted by Gasteiger charge is 2.47. The summed E-state index contributed by atoms with van der Waals surface area (Å²) in [5, 5.41) is 3.39. The summed E-state index contributed by atoms with van der Waals surface area (Å²) in [6.45, 7) is 5.87. The van der Waals surface area contributed by atoms with Crippen molar-refractivity contribution in [2.24, 2.45) is 0 Å². The Labute approximate surface area is 129 Å². The van der Waals surface area contributed by atoms with Gasteiger partial charge in [0.2, 0.25) is 11.8 Å². The molecule has 1 unspecified atom stereocenters. The standard InChI is InChI=1S/C15H20ClN3O2/c1-4-15(5-2)14(21)19(10(3)13(20)18-15)9-11-6-7-17-8-12(11)16/h6-8,10H,4-5,9H2,1-3H3,(H,18,20). The van der Waals surface area contributed by atoms with Gasteiger partial charge < -0.3 is 10.2 Å². The van der Waals surface area contributed by atoms with Crippen LogP contribution in [0, 0.1) is 0 Å². The molecular formula is C15H20ClN3O2. The van der Waals surface area contributed by atoms with E-state index in [9.17, 15) is 9.59 Å². The van der Waals surface area contributed by atoms with Crippen LogP contribution in [0.4, 0.5) is 0 Å². The van der Waals surface area contributed by atoms with Gasteiger partial charge in [-0.15, -0.1) is 0 Å². The van der Waals surface area contributed by atoms with Crippen molar-refractivity contribution in [3.8, 4) is 0 Å². The van der Waals surface area contributed by atoms with E-state index in [1.807, 2.05) is 13.8 Å². The molecule has 2 heterocycles. The predicted octanol–water partition coefficient (Wildman–Crippen LogP) is 2.14. The molecule has 0 aromatic carbocycles. The number of hydrogen-bond donors (Lipinski definition) is 1. The quantitative estimate of drug-likeness (QED) is 0.927. The molecule has 1 aliphatic rings. The van der Waals surface area contributed by atoms with Crippen LogP contribution in [-0.2, 0) is 16.1 Å². The molecule has 0 aliphatic carbocycles. The van der Waals surface area contributed by atoms with E-state index < -0.39 is 11.6 Å². The molecule has 114 valence electrons. The van der Waals surface area contributed by atoms with E-state index in [1.165, 1.54) is 0 Å². The van der Waals surface area contributed by atoms with Gasteiger partial charge in [-0.25, -0.2) is 0 Å². The van der Waals surface area contributed by atoms with Gasteiger partial charge >= 0.3 is 0 Å². The number of pyridine rings is 1. The maximum Gasteiger partial charge on any atom is 0.249 e. The molecule has 2 rings (SSSR count). The molecule has 0 bridgehead atoms. The second-order valence-corrected chi connectivity index (χ2v) is 5.76. The Bertz CT molecular complexity index is 558. The summed E-state index contributed by atoms with van der Waals surface area (Å²) in [7, 11) is 0. The van der Waals surface area contributed by atoms with E-state index in [0.717, 1.165) is 5.56 Å². The van der Waals surface area contributed by atoms with Gasteiger partial charge in [0.15, 0.2) is 0 Å². The third-order valence-electron chi connectivity index (χ3n) is 4.28. The van der Waals surface area contributed by atoms with Gasteiger partial charge in [0.25, 0.3) is 0 Å². The first kappa shape index (κ1) is 15.8. The van der Waals surface area contributed by atoms with E-state index in [-0.39, 0.29) is 11.8 Å². The summed E-state index contributed by atoms with van der Waals surface area (Å²) in [5.74, 6) is -0.170. The lowest BCUT2D eigenvalue weighted by molar-refractivity contribution is -0.155. The molecule has 5 nitrogen and oxygen atoms in total. The molecular weight excluding hydrogens is 290 g/mol. The Morgan fingerprint density at radius 3 is 2.62 bits per heavy atom. The molecule has 0 saturated carbocycles. The fourth-order valence-corrected chi connectivity index (χ4v) is 2.82. The molecule has 1 atom stereocenters. The van der Waals surface area contributed by atoms with Crippen molar-refractivity contribution >= 4 is 23.4 Å². The monoisotopic (exact) mass is 309 g/mol. The molecule has 1 aliphatic heterocycles. The van der Waals surface area contributed by atoms with Crippen molar-refractivity contribution in [2.75, 3.05) is 0 Å². The molecule has 6 heteroatoms. The minimum atomic E-state index is -0.802. The molecule has 1 fully saturated rings. The van der Waals surface area contributed by atoms with Crippen LogP contribution in [0.15, 0.2) is 18.5 Å². The second kappa shape index (κ2) is 6.02. The third kappa shape index (κ3) is 2.75. The van der Waals surface area contributed by atoms with Crippen LogP contribution in [0.2, 0.25) is 5.02 Å². The Kier molecular flexibility index (Phi) is 4.52.